The summed E-state index contributed by atoms with van der Waals surface area (Å²) in [5, 5.41) is 0. The van der Waals surface area contributed by atoms with Crippen LogP contribution in [-0.2, 0) is 30.7 Å². The number of esters is 2. The molecular formula is C18H19F3O4. The summed E-state index contributed by atoms with van der Waals surface area (Å²) in [7, 11) is 2.50. The summed E-state index contributed by atoms with van der Waals surface area (Å²) < 4.78 is 48.6. The van der Waals surface area contributed by atoms with Crippen molar-refractivity contribution in [3.63, 3.8) is 0 Å². The van der Waals surface area contributed by atoms with Crippen molar-refractivity contribution >= 4 is 11.9 Å². The largest absolute Gasteiger partial charge is 0.469 e. The molecule has 2 saturated carbocycles. The number of ether oxygens (including phenoxy) is 2. The first-order valence-corrected chi connectivity index (χ1v) is 8.06. The molecule has 0 aromatic heterocycles. The van der Waals surface area contributed by atoms with Gasteiger partial charge in [-0.3, -0.25) is 9.59 Å². The highest BCUT2D eigenvalue weighted by Crippen LogP contribution is 2.65. The summed E-state index contributed by atoms with van der Waals surface area (Å²) in [6.45, 7) is 0. The van der Waals surface area contributed by atoms with Crippen LogP contribution in [-0.4, -0.2) is 26.2 Å². The Bertz CT molecular complexity index is 700. The maximum absolute atomic E-state index is 13.0. The molecule has 0 heterocycles. The molecule has 0 N–H and O–H groups in total. The van der Waals surface area contributed by atoms with Crippen LogP contribution in [0.15, 0.2) is 24.3 Å². The lowest BCUT2D eigenvalue weighted by molar-refractivity contribution is -0.160. The first-order chi connectivity index (χ1) is 11.7. The van der Waals surface area contributed by atoms with Gasteiger partial charge in [-0.05, 0) is 42.2 Å². The number of alkyl halides is 3. The average molecular weight is 356 g/mol. The van der Waals surface area contributed by atoms with E-state index in [1.807, 2.05) is 0 Å². The van der Waals surface area contributed by atoms with Crippen molar-refractivity contribution in [1.29, 1.82) is 0 Å². The lowest BCUT2D eigenvalue weighted by Crippen LogP contribution is -2.39. The minimum atomic E-state index is -4.41. The zero-order valence-corrected chi connectivity index (χ0v) is 13.9. The van der Waals surface area contributed by atoms with Crippen LogP contribution in [0, 0.1) is 17.8 Å². The standard InChI is InChI=1S/C18H19F3O4/c1-24-15(22)13-7-12-8-17(12,9-14(13)16(23)25-2)10-4-3-5-11(6-10)18(19,20)21/h3-6,12-14H,7-9H2,1-2H3/t12?,13-,14-,17-/m0/s1. The predicted molar refractivity (Wildman–Crippen MR) is 81.5 cm³/mol. The van der Waals surface area contributed by atoms with Crippen molar-refractivity contribution in [2.75, 3.05) is 14.2 Å². The Balaban J connectivity index is 1.92. The summed E-state index contributed by atoms with van der Waals surface area (Å²) in [6, 6.07) is 5.26. The van der Waals surface area contributed by atoms with Gasteiger partial charge in [0.1, 0.15) is 0 Å². The minimum absolute atomic E-state index is 0.0704. The molecule has 7 heteroatoms. The Labute approximate surface area is 143 Å². The molecule has 25 heavy (non-hydrogen) atoms. The number of methoxy groups -OCH3 is 2. The van der Waals surface area contributed by atoms with Crippen molar-refractivity contribution < 1.29 is 32.2 Å². The van der Waals surface area contributed by atoms with E-state index in [4.69, 9.17) is 9.47 Å². The Hall–Kier alpha value is -2.05. The zero-order chi connectivity index (χ0) is 18.4. The van der Waals surface area contributed by atoms with Crippen molar-refractivity contribution in [2.24, 2.45) is 17.8 Å². The molecule has 0 radical (unpaired) electrons. The monoisotopic (exact) mass is 356 g/mol. The van der Waals surface area contributed by atoms with Gasteiger partial charge in [-0.25, -0.2) is 0 Å². The topological polar surface area (TPSA) is 52.6 Å². The highest BCUT2D eigenvalue weighted by Gasteiger charge is 2.63. The predicted octanol–water partition coefficient (Wildman–Crippen LogP) is 3.34. The van der Waals surface area contributed by atoms with Gasteiger partial charge in [0.05, 0.1) is 31.6 Å². The van der Waals surface area contributed by atoms with Crippen LogP contribution in [0.3, 0.4) is 0 Å². The van der Waals surface area contributed by atoms with E-state index in [0.29, 0.717) is 24.8 Å². The molecule has 1 aromatic rings. The normalized spacial score (nSPS) is 31.0. The van der Waals surface area contributed by atoms with Crippen LogP contribution in [0.5, 0.6) is 0 Å². The molecule has 2 fully saturated rings. The molecule has 1 aromatic carbocycles. The number of carbonyl (C=O) groups excluding carboxylic acids is 2. The molecule has 0 spiro atoms. The molecule has 2 aliphatic carbocycles. The van der Waals surface area contributed by atoms with Gasteiger partial charge in [-0.1, -0.05) is 18.2 Å². The van der Waals surface area contributed by atoms with Gasteiger partial charge in [0.25, 0.3) is 0 Å². The van der Waals surface area contributed by atoms with Crippen LogP contribution in [0.4, 0.5) is 13.2 Å². The number of hydrogen-bond donors (Lipinski definition) is 0. The number of halogens is 3. The second-order valence-corrected chi connectivity index (χ2v) is 6.83. The van der Waals surface area contributed by atoms with Crippen LogP contribution >= 0.6 is 0 Å². The zero-order valence-electron chi connectivity index (χ0n) is 13.9. The molecular weight excluding hydrogens is 337 g/mol. The van der Waals surface area contributed by atoms with Gasteiger partial charge in [0, 0.05) is 0 Å². The first kappa shape index (κ1) is 17.8. The van der Waals surface area contributed by atoms with E-state index in [9.17, 15) is 22.8 Å². The highest BCUT2D eigenvalue weighted by molar-refractivity contribution is 5.83. The average Bonchev–Trinajstić information content (AvgIpc) is 3.33. The van der Waals surface area contributed by atoms with E-state index in [2.05, 4.69) is 0 Å². The number of rotatable bonds is 3. The third-order valence-electron chi connectivity index (χ3n) is 5.61. The van der Waals surface area contributed by atoms with Crippen molar-refractivity contribution in [2.45, 2.75) is 30.9 Å². The second-order valence-electron chi connectivity index (χ2n) is 6.83. The third-order valence-corrected chi connectivity index (χ3v) is 5.61. The Kier molecular flexibility index (Phi) is 4.29. The van der Waals surface area contributed by atoms with E-state index < -0.39 is 40.9 Å². The molecule has 0 amide bonds. The van der Waals surface area contributed by atoms with Crippen LogP contribution in [0.25, 0.3) is 0 Å². The summed E-state index contributed by atoms with van der Waals surface area (Å²) in [5.41, 5.74) is -0.621. The highest BCUT2D eigenvalue weighted by atomic mass is 19.4. The molecule has 4 nitrogen and oxygen atoms in total. The Morgan fingerprint density at radius 1 is 1.08 bits per heavy atom. The van der Waals surface area contributed by atoms with E-state index >= 15 is 0 Å². The van der Waals surface area contributed by atoms with Crippen LogP contribution in [0.2, 0.25) is 0 Å². The van der Waals surface area contributed by atoms with Crippen molar-refractivity contribution in [3.8, 4) is 0 Å². The molecule has 1 unspecified atom stereocenters. The first-order valence-electron chi connectivity index (χ1n) is 8.06. The fraction of sp³-hybridized carbons (Fsp3) is 0.556. The number of fused-ring (bicyclic) bond motifs is 1. The summed E-state index contributed by atoms with van der Waals surface area (Å²) in [5.74, 6) is -2.23. The molecule has 0 saturated heterocycles. The van der Waals surface area contributed by atoms with Crippen LogP contribution < -0.4 is 0 Å². The molecule has 0 bridgehead atoms. The summed E-state index contributed by atoms with van der Waals surface area (Å²) >= 11 is 0. The molecule has 136 valence electrons. The van der Waals surface area contributed by atoms with E-state index in [0.717, 1.165) is 12.1 Å². The lowest BCUT2D eigenvalue weighted by atomic mass is 9.71. The van der Waals surface area contributed by atoms with E-state index in [1.54, 1.807) is 6.07 Å². The maximum atomic E-state index is 13.0. The quantitative estimate of drug-likeness (QED) is 0.780. The van der Waals surface area contributed by atoms with Gasteiger partial charge < -0.3 is 9.47 Å². The van der Waals surface area contributed by atoms with E-state index in [-0.39, 0.29) is 5.92 Å². The van der Waals surface area contributed by atoms with E-state index in [1.165, 1.54) is 20.3 Å². The minimum Gasteiger partial charge on any atom is -0.469 e. The van der Waals surface area contributed by atoms with Gasteiger partial charge in [-0.15, -0.1) is 0 Å². The molecule has 4 atom stereocenters. The second kappa shape index (κ2) is 6.04. The molecule has 2 aliphatic rings. The lowest BCUT2D eigenvalue weighted by Gasteiger charge is -2.33. The Morgan fingerprint density at radius 2 is 1.72 bits per heavy atom. The van der Waals surface area contributed by atoms with Gasteiger partial charge in [0.15, 0.2) is 0 Å². The fourth-order valence-electron chi connectivity index (χ4n) is 4.23. The summed E-state index contributed by atoms with van der Waals surface area (Å²) in [6.07, 6.45) is -3.04. The molecule has 0 aliphatic heterocycles. The fourth-order valence-corrected chi connectivity index (χ4v) is 4.23. The number of hydrogen-bond acceptors (Lipinski definition) is 4. The van der Waals surface area contributed by atoms with Gasteiger partial charge in [0.2, 0.25) is 0 Å². The Morgan fingerprint density at radius 3 is 2.32 bits per heavy atom. The third kappa shape index (κ3) is 3.00. The number of carbonyl (C=O) groups is 2. The molecule has 3 rings (SSSR count). The van der Waals surface area contributed by atoms with Crippen LogP contribution in [0.1, 0.15) is 30.4 Å². The summed E-state index contributed by atoms with van der Waals surface area (Å²) in [4.78, 5) is 24.2. The van der Waals surface area contributed by atoms with Crippen molar-refractivity contribution in [1.82, 2.24) is 0 Å². The SMILES string of the molecule is COC(=O)[C@H]1CC2C[C@@]2(c2cccc(C(F)(F)F)c2)C[C@@H]1C(=O)OC. The smallest absolute Gasteiger partial charge is 0.416 e. The number of benzene rings is 1. The maximum Gasteiger partial charge on any atom is 0.416 e. The van der Waals surface area contributed by atoms with Gasteiger partial charge >= 0.3 is 18.1 Å². The van der Waals surface area contributed by atoms with Gasteiger partial charge in [-0.2, -0.15) is 13.2 Å². The van der Waals surface area contributed by atoms with Crippen molar-refractivity contribution in [3.05, 3.63) is 35.4 Å².